The summed E-state index contributed by atoms with van der Waals surface area (Å²) in [6.45, 7) is 6.25. The second kappa shape index (κ2) is 8.60. The monoisotopic (exact) mass is 378 g/mol. The van der Waals surface area contributed by atoms with Gasteiger partial charge in [-0.1, -0.05) is 55.9 Å². The van der Waals surface area contributed by atoms with Crippen LogP contribution in [0.15, 0.2) is 58.6 Å². The highest BCUT2D eigenvalue weighted by Crippen LogP contribution is 2.25. The van der Waals surface area contributed by atoms with Crippen LogP contribution in [0.3, 0.4) is 0 Å². The average Bonchev–Trinajstić information content (AvgIpc) is 2.63. The molecule has 0 saturated carbocycles. The summed E-state index contributed by atoms with van der Waals surface area (Å²) in [7, 11) is -3.51. The number of benzene rings is 1. The van der Waals surface area contributed by atoms with Crippen LogP contribution in [-0.4, -0.2) is 41.8 Å². The van der Waals surface area contributed by atoms with E-state index in [0.717, 1.165) is 0 Å². The molecule has 0 spiro atoms. The number of aromatic nitrogens is 1. The maximum atomic E-state index is 12.4. The van der Waals surface area contributed by atoms with E-state index in [1.165, 1.54) is 22.3 Å². The second-order valence-corrected chi connectivity index (χ2v) is 8.71. The number of hydrogen-bond acceptors (Lipinski definition) is 5. The number of ketones is 1. The van der Waals surface area contributed by atoms with Gasteiger partial charge in [-0.05, 0) is 19.1 Å². The third-order valence-corrected chi connectivity index (χ3v) is 6.86. The summed E-state index contributed by atoms with van der Waals surface area (Å²) in [4.78, 5) is 16.8. The number of Topliss-reactive ketones (excluding diaryl/α,β-unsaturated/α-hetero) is 1. The number of thioether (sulfide) groups is 1. The highest BCUT2D eigenvalue weighted by Gasteiger charge is 2.22. The molecule has 1 aromatic carbocycles. The van der Waals surface area contributed by atoms with Crippen LogP contribution in [0, 0.1) is 0 Å². The Kier molecular flexibility index (Phi) is 6.75. The fourth-order valence-electron chi connectivity index (χ4n) is 2.37. The third kappa shape index (κ3) is 4.68. The lowest BCUT2D eigenvalue weighted by Gasteiger charge is -2.18. The third-order valence-electron chi connectivity index (χ3n) is 3.78. The van der Waals surface area contributed by atoms with E-state index in [0.29, 0.717) is 23.7 Å². The number of carbonyl (C=O) groups excluding carboxylic acids is 1. The normalized spacial score (nSPS) is 13.0. The molecule has 0 radical (unpaired) electrons. The second-order valence-electron chi connectivity index (χ2n) is 5.41. The summed E-state index contributed by atoms with van der Waals surface area (Å²) in [6, 6.07) is 12.3. The zero-order valence-corrected chi connectivity index (χ0v) is 16.2. The number of rotatable bonds is 8. The molecular formula is C18H22N2O3S2. The fraction of sp³-hybridized carbons (Fsp3) is 0.333. The summed E-state index contributed by atoms with van der Waals surface area (Å²) in [6.07, 6.45) is 1.36. The smallest absolute Gasteiger partial charge is 0.244 e. The maximum Gasteiger partial charge on any atom is 0.244 e. The minimum atomic E-state index is -3.51. The lowest BCUT2D eigenvalue weighted by atomic mass is 10.1. The number of carbonyl (C=O) groups is 1. The quantitative estimate of drug-likeness (QED) is 0.520. The van der Waals surface area contributed by atoms with Gasteiger partial charge < -0.3 is 0 Å². The van der Waals surface area contributed by atoms with Crippen molar-refractivity contribution in [3.63, 3.8) is 0 Å². The molecule has 2 rings (SSSR count). The molecule has 25 heavy (non-hydrogen) atoms. The Balaban J connectivity index is 2.11. The highest BCUT2D eigenvalue weighted by atomic mass is 32.2. The van der Waals surface area contributed by atoms with Crippen LogP contribution in [0.5, 0.6) is 0 Å². The zero-order chi connectivity index (χ0) is 18.4. The van der Waals surface area contributed by atoms with Crippen molar-refractivity contribution in [2.75, 3.05) is 13.1 Å². The van der Waals surface area contributed by atoms with Crippen molar-refractivity contribution in [1.29, 1.82) is 0 Å². The van der Waals surface area contributed by atoms with Gasteiger partial charge in [0.1, 0.15) is 4.90 Å². The first-order valence-corrected chi connectivity index (χ1v) is 10.4. The first-order valence-electron chi connectivity index (χ1n) is 8.12. The largest absolute Gasteiger partial charge is 0.293 e. The van der Waals surface area contributed by atoms with Crippen LogP contribution in [0.25, 0.3) is 0 Å². The summed E-state index contributed by atoms with van der Waals surface area (Å²) >= 11 is 1.32. The first kappa shape index (κ1) is 19.6. The molecule has 1 unspecified atom stereocenters. The summed E-state index contributed by atoms with van der Waals surface area (Å²) in [5.41, 5.74) is 0.656. The predicted molar refractivity (Wildman–Crippen MR) is 100 cm³/mol. The van der Waals surface area contributed by atoms with Gasteiger partial charge in [0.25, 0.3) is 0 Å². The fourth-order valence-corrected chi connectivity index (χ4v) is 4.64. The molecule has 1 atom stereocenters. The molecule has 0 amide bonds. The molecule has 0 aliphatic heterocycles. The Morgan fingerprint density at radius 2 is 1.76 bits per heavy atom. The molecule has 1 heterocycles. The predicted octanol–water partition coefficient (Wildman–Crippen LogP) is 3.48. The summed E-state index contributed by atoms with van der Waals surface area (Å²) < 4.78 is 26.3. The Hall–Kier alpha value is -1.70. The lowest BCUT2D eigenvalue weighted by Crippen LogP contribution is -2.30. The van der Waals surface area contributed by atoms with Crippen LogP contribution in [0.2, 0.25) is 0 Å². The molecule has 0 aliphatic rings. The van der Waals surface area contributed by atoms with Crippen molar-refractivity contribution in [2.45, 2.75) is 35.9 Å². The van der Waals surface area contributed by atoms with Gasteiger partial charge in [-0.3, -0.25) is 4.79 Å². The van der Waals surface area contributed by atoms with E-state index >= 15 is 0 Å². The van der Waals surface area contributed by atoms with Crippen molar-refractivity contribution in [2.24, 2.45) is 0 Å². The SMILES string of the molecule is CCN(CC)S(=O)(=O)c1ccc(SC(C)C(=O)c2ccccc2)nc1. The number of pyridine rings is 1. The first-order chi connectivity index (χ1) is 11.9. The van der Waals surface area contributed by atoms with Crippen molar-refractivity contribution >= 4 is 27.6 Å². The van der Waals surface area contributed by atoms with E-state index in [4.69, 9.17) is 0 Å². The zero-order valence-electron chi connectivity index (χ0n) is 14.5. The molecule has 7 heteroatoms. The molecular weight excluding hydrogens is 356 g/mol. The average molecular weight is 379 g/mol. The Bertz CT molecular complexity index is 802. The van der Waals surface area contributed by atoms with Gasteiger partial charge in [-0.15, -0.1) is 0 Å². The molecule has 0 fully saturated rings. The Morgan fingerprint density at radius 1 is 1.12 bits per heavy atom. The van der Waals surface area contributed by atoms with Crippen LogP contribution in [0.1, 0.15) is 31.1 Å². The minimum Gasteiger partial charge on any atom is -0.293 e. The summed E-state index contributed by atoms with van der Waals surface area (Å²) in [5, 5.41) is 0.315. The lowest BCUT2D eigenvalue weighted by molar-refractivity contribution is 0.0994. The molecule has 0 bridgehead atoms. The number of hydrogen-bond donors (Lipinski definition) is 0. The molecule has 5 nitrogen and oxygen atoms in total. The highest BCUT2D eigenvalue weighted by molar-refractivity contribution is 8.00. The van der Waals surface area contributed by atoms with E-state index < -0.39 is 10.0 Å². The van der Waals surface area contributed by atoms with E-state index in [9.17, 15) is 13.2 Å². The standard InChI is InChI=1S/C18H22N2O3S2/c1-4-20(5-2)25(22,23)16-11-12-17(19-13-16)24-14(3)18(21)15-9-7-6-8-10-15/h6-14H,4-5H2,1-3H3. The van der Waals surface area contributed by atoms with Gasteiger partial charge in [0.05, 0.1) is 10.3 Å². The molecule has 134 valence electrons. The summed E-state index contributed by atoms with van der Waals surface area (Å²) in [5.74, 6) is 0.0206. The van der Waals surface area contributed by atoms with Crippen molar-refractivity contribution in [3.05, 3.63) is 54.2 Å². The number of nitrogens with zero attached hydrogens (tertiary/aromatic N) is 2. The molecule has 1 aromatic heterocycles. The van der Waals surface area contributed by atoms with E-state index in [-0.39, 0.29) is 15.9 Å². The van der Waals surface area contributed by atoms with Crippen molar-refractivity contribution < 1.29 is 13.2 Å². The van der Waals surface area contributed by atoms with Gasteiger partial charge in [-0.2, -0.15) is 4.31 Å². The molecule has 0 aliphatic carbocycles. The molecule has 0 saturated heterocycles. The van der Waals surface area contributed by atoms with Gasteiger partial charge >= 0.3 is 0 Å². The van der Waals surface area contributed by atoms with Crippen LogP contribution >= 0.6 is 11.8 Å². The van der Waals surface area contributed by atoms with Gasteiger partial charge in [0.2, 0.25) is 10.0 Å². The van der Waals surface area contributed by atoms with E-state index in [1.807, 2.05) is 25.1 Å². The minimum absolute atomic E-state index is 0.0206. The van der Waals surface area contributed by atoms with Crippen molar-refractivity contribution in [3.8, 4) is 0 Å². The molecule has 2 aromatic rings. The van der Waals surface area contributed by atoms with Gasteiger partial charge in [0.15, 0.2) is 5.78 Å². The van der Waals surface area contributed by atoms with Crippen LogP contribution in [0.4, 0.5) is 0 Å². The van der Waals surface area contributed by atoms with Crippen LogP contribution < -0.4 is 0 Å². The van der Waals surface area contributed by atoms with E-state index in [2.05, 4.69) is 4.98 Å². The number of sulfonamides is 1. The Morgan fingerprint density at radius 3 is 2.28 bits per heavy atom. The molecule has 0 N–H and O–H groups in total. The maximum absolute atomic E-state index is 12.4. The Labute approximate surface area is 153 Å². The topological polar surface area (TPSA) is 67.3 Å². The van der Waals surface area contributed by atoms with E-state index in [1.54, 1.807) is 38.1 Å². The van der Waals surface area contributed by atoms with Gasteiger partial charge in [0, 0.05) is 24.8 Å². The van der Waals surface area contributed by atoms with Gasteiger partial charge in [-0.25, -0.2) is 13.4 Å². The van der Waals surface area contributed by atoms with Crippen molar-refractivity contribution in [1.82, 2.24) is 9.29 Å². The van der Waals surface area contributed by atoms with Crippen LogP contribution in [-0.2, 0) is 10.0 Å².